The van der Waals surface area contributed by atoms with E-state index < -0.39 is 0 Å². The van der Waals surface area contributed by atoms with Gasteiger partial charge in [0.05, 0.1) is 12.1 Å². The molecular formula is C21H26N4O2. The van der Waals surface area contributed by atoms with Gasteiger partial charge in [0, 0.05) is 38.8 Å². The predicted octanol–water partition coefficient (Wildman–Crippen LogP) is 2.30. The Hall–Kier alpha value is -2.63. The molecule has 0 radical (unpaired) electrons. The fraction of sp³-hybridized carbons (Fsp3) is 0.476. The third-order valence-electron chi connectivity index (χ3n) is 5.85. The van der Waals surface area contributed by atoms with Crippen LogP contribution in [-0.4, -0.2) is 53.1 Å². The molecular weight excluding hydrogens is 340 g/mol. The number of aryl methyl sites for hydroxylation is 1. The molecule has 1 aromatic carbocycles. The van der Waals surface area contributed by atoms with Crippen molar-refractivity contribution in [2.75, 3.05) is 32.1 Å². The van der Waals surface area contributed by atoms with Crippen LogP contribution in [0.5, 0.6) is 5.75 Å². The van der Waals surface area contributed by atoms with E-state index in [1.165, 1.54) is 5.56 Å². The van der Waals surface area contributed by atoms with E-state index in [2.05, 4.69) is 4.98 Å². The number of carbonyl (C=O) groups is 1. The molecule has 2 aliphatic rings. The van der Waals surface area contributed by atoms with Gasteiger partial charge >= 0.3 is 0 Å². The van der Waals surface area contributed by atoms with Crippen LogP contribution in [0, 0.1) is 0 Å². The second-order valence-electron chi connectivity index (χ2n) is 7.98. The minimum Gasteiger partial charge on any atom is -0.508 e. The van der Waals surface area contributed by atoms with Crippen molar-refractivity contribution in [3.63, 3.8) is 0 Å². The van der Waals surface area contributed by atoms with Gasteiger partial charge in [0.1, 0.15) is 5.75 Å². The number of anilines is 1. The van der Waals surface area contributed by atoms with Crippen molar-refractivity contribution in [2.45, 2.75) is 37.5 Å². The lowest BCUT2D eigenvalue weighted by atomic mass is 9.77. The topological polar surface area (TPSA) is 69.6 Å². The number of amides is 1. The number of likely N-dealkylation sites (tertiary alicyclic amines) is 1. The molecule has 1 atom stereocenters. The summed E-state index contributed by atoms with van der Waals surface area (Å²) in [7, 11) is 3.91. The fourth-order valence-corrected chi connectivity index (χ4v) is 4.39. The Morgan fingerprint density at radius 3 is 2.78 bits per heavy atom. The van der Waals surface area contributed by atoms with Gasteiger partial charge in [-0.25, -0.2) is 9.97 Å². The normalized spacial score (nSPS) is 21.3. The van der Waals surface area contributed by atoms with E-state index in [0.717, 1.165) is 56.0 Å². The summed E-state index contributed by atoms with van der Waals surface area (Å²) in [5.41, 5.74) is 3.27. The van der Waals surface area contributed by atoms with Crippen molar-refractivity contribution < 1.29 is 9.90 Å². The van der Waals surface area contributed by atoms with E-state index in [9.17, 15) is 9.90 Å². The minimum atomic E-state index is -0.0358. The predicted molar refractivity (Wildman–Crippen MR) is 104 cm³/mol. The van der Waals surface area contributed by atoms with Gasteiger partial charge in [0.15, 0.2) is 0 Å². The third kappa shape index (κ3) is 3.36. The third-order valence-corrected chi connectivity index (χ3v) is 5.85. The molecule has 0 saturated carbocycles. The standard InChI is InChI=1S/C21H26N4O2/c1-24(2)20-22-13-16-8-10-21(19(16)23-20)9-3-11-25(14-21)18(27)12-15-4-6-17(26)7-5-15/h4-7,13,26H,3,8-12,14H2,1-2H3. The van der Waals surface area contributed by atoms with E-state index in [1.807, 2.05) is 42.2 Å². The monoisotopic (exact) mass is 366 g/mol. The lowest BCUT2D eigenvalue weighted by Crippen LogP contribution is -2.48. The zero-order valence-corrected chi connectivity index (χ0v) is 16.0. The van der Waals surface area contributed by atoms with Gasteiger partial charge in [-0.3, -0.25) is 4.79 Å². The first-order chi connectivity index (χ1) is 13.0. The SMILES string of the molecule is CN(C)c1ncc2c(n1)C1(CCCN(C(=O)Cc3ccc(O)cc3)C1)CC2. The number of hydrogen-bond acceptors (Lipinski definition) is 5. The van der Waals surface area contributed by atoms with Gasteiger partial charge in [-0.2, -0.15) is 0 Å². The van der Waals surface area contributed by atoms with Crippen LogP contribution in [-0.2, 0) is 23.1 Å². The Balaban J connectivity index is 1.54. The number of phenolic OH excluding ortho intramolecular Hbond substituents is 1. The quantitative estimate of drug-likeness (QED) is 0.903. The number of fused-ring (bicyclic) bond motifs is 2. The first kappa shape index (κ1) is 17.8. The number of hydrogen-bond donors (Lipinski definition) is 1. The number of aromatic hydroxyl groups is 1. The van der Waals surface area contributed by atoms with Crippen molar-refractivity contribution in [1.82, 2.24) is 14.9 Å². The van der Waals surface area contributed by atoms with E-state index in [4.69, 9.17) is 4.98 Å². The summed E-state index contributed by atoms with van der Waals surface area (Å²) in [6, 6.07) is 6.89. The highest BCUT2D eigenvalue weighted by Gasteiger charge is 2.44. The number of piperidine rings is 1. The van der Waals surface area contributed by atoms with Crippen LogP contribution in [0.1, 0.15) is 36.1 Å². The molecule has 1 spiro atoms. The van der Waals surface area contributed by atoms with Crippen LogP contribution < -0.4 is 4.90 Å². The highest BCUT2D eigenvalue weighted by Crippen LogP contribution is 2.44. The van der Waals surface area contributed by atoms with Crippen molar-refractivity contribution in [1.29, 1.82) is 0 Å². The summed E-state index contributed by atoms with van der Waals surface area (Å²) in [6.07, 6.45) is 6.44. The van der Waals surface area contributed by atoms with Crippen molar-refractivity contribution in [3.05, 3.63) is 47.3 Å². The van der Waals surface area contributed by atoms with E-state index in [0.29, 0.717) is 6.42 Å². The van der Waals surface area contributed by atoms with Gasteiger partial charge in [-0.1, -0.05) is 12.1 Å². The molecule has 1 amide bonds. The smallest absolute Gasteiger partial charge is 0.227 e. The van der Waals surface area contributed by atoms with Gasteiger partial charge < -0.3 is 14.9 Å². The Kier molecular flexibility index (Phi) is 4.50. The molecule has 4 rings (SSSR count). The van der Waals surface area contributed by atoms with Crippen molar-refractivity contribution in [2.24, 2.45) is 0 Å². The van der Waals surface area contributed by atoms with Crippen molar-refractivity contribution in [3.8, 4) is 5.75 Å². The number of carbonyl (C=O) groups excluding carboxylic acids is 1. The van der Waals surface area contributed by atoms with E-state index in [-0.39, 0.29) is 17.1 Å². The Morgan fingerprint density at radius 2 is 2.04 bits per heavy atom. The average molecular weight is 366 g/mol. The molecule has 2 heterocycles. The summed E-state index contributed by atoms with van der Waals surface area (Å²) in [5.74, 6) is 1.11. The highest BCUT2D eigenvalue weighted by atomic mass is 16.3. The number of benzene rings is 1. The zero-order valence-electron chi connectivity index (χ0n) is 16.0. The largest absolute Gasteiger partial charge is 0.508 e. The van der Waals surface area contributed by atoms with E-state index in [1.54, 1.807) is 12.1 Å². The summed E-state index contributed by atoms with van der Waals surface area (Å²) >= 11 is 0. The zero-order chi connectivity index (χ0) is 19.0. The van der Waals surface area contributed by atoms with Gasteiger partial charge in [-0.15, -0.1) is 0 Å². The van der Waals surface area contributed by atoms with Gasteiger partial charge in [0.25, 0.3) is 0 Å². The summed E-state index contributed by atoms with van der Waals surface area (Å²) in [4.78, 5) is 26.2. The molecule has 1 aromatic heterocycles. The van der Waals surface area contributed by atoms with Crippen LogP contribution in [0.2, 0.25) is 0 Å². The van der Waals surface area contributed by atoms with Gasteiger partial charge in [0.2, 0.25) is 11.9 Å². The van der Waals surface area contributed by atoms with E-state index >= 15 is 0 Å². The second-order valence-corrected chi connectivity index (χ2v) is 7.98. The lowest BCUT2D eigenvalue weighted by molar-refractivity contribution is -0.132. The van der Waals surface area contributed by atoms with Crippen LogP contribution in [0.25, 0.3) is 0 Å². The van der Waals surface area contributed by atoms with Crippen LogP contribution >= 0.6 is 0 Å². The maximum absolute atomic E-state index is 12.9. The number of rotatable bonds is 3. The van der Waals surface area contributed by atoms with Gasteiger partial charge in [-0.05, 0) is 48.9 Å². The molecule has 6 heteroatoms. The number of nitrogens with zero attached hydrogens (tertiary/aromatic N) is 4. The first-order valence-electron chi connectivity index (χ1n) is 9.56. The first-order valence-corrected chi connectivity index (χ1v) is 9.56. The molecule has 2 aromatic rings. The summed E-state index contributed by atoms with van der Waals surface area (Å²) in [5, 5.41) is 9.42. The molecule has 142 valence electrons. The second kappa shape index (κ2) is 6.83. The highest BCUT2D eigenvalue weighted by molar-refractivity contribution is 5.79. The molecule has 1 aliphatic heterocycles. The van der Waals surface area contributed by atoms with Crippen LogP contribution in [0.4, 0.5) is 5.95 Å². The van der Waals surface area contributed by atoms with Crippen molar-refractivity contribution >= 4 is 11.9 Å². The molecule has 1 aliphatic carbocycles. The number of aromatic nitrogens is 2. The molecule has 27 heavy (non-hydrogen) atoms. The fourth-order valence-electron chi connectivity index (χ4n) is 4.39. The maximum atomic E-state index is 12.9. The number of phenols is 1. The lowest BCUT2D eigenvalue weighted by Gasteiger charge is -2.40. The Bertz CT molecular complexity index is 846. The molecule has 6 nitrogen and oxygen atoms in total. The van der Waals surface area contributed by atoms with Crippen LogP contribution in [0.3, 0.4) is 0 Å². The molecule has 1 saturated heterocycles. The molecule has 0 bridgehead atoms. The Morgan fingerprint density at radius 1 is 1.26 bits per heavy atom. The summed E-state index contributed by atoms with van der Waals surface area (Å²) in [6.45, 7) is 1.54. The van der Waals surface area contributed by atoms with Crippen LogP contribution in [0.15, 0.2) is 30.5 Å². The molecule has 1 unspecified atom stereocenters. The molecule has 1 N–H and O–H groups in total. The average Bonchev–Trinajstić information content (AvgIpc) is 3.01. The Labute approximate surface area is 159 Å². The maximum Gasteiger partial charge on any atom is 0.227 e. The molecule has 1 fully saturated rings. The summed E-state index contributed by atoms with van der Waals surface area (Å²) < 4.78 is 0. The minimum absolute atomic E-state index is 0.0358.